The smallest absolute Gasteiger partial charge is 0.340 e. The molecule has 0 atom stereocenters. The number of carbonyl (C=O) groups is 1. The van der Waals surface area contributed by atoms with E-state index in [2.05, 4.69) is 46.6 Å². The number of anilines is 3. The highest BCUT2D eigenvalue weighted by Gasteiger charge is 2.20. The van der Waals surface area contributed by atoms with Crippen molar-refractivity contribution in [3.05, 3.63) is 88.4 Å². The fourth-order valence-electron chi connectivity index (χ4n) is 4.11. The third-order valence-corrected chi connectivity index (χ3v) is 5.82. The molecule has 0 spiro atoms. The molecule has 160 valence electrons. The summed E-state index contributed by atoms with van der Waals surface area (Å²) >= 11 is 6.35. The van der Waals surface area contributed by atoms with Crippen molar-refractivity contribution in [2.45, 2.75) is 26.2 Å². The molecule has 0 unspecified atom stereocenters. The molecule has 0 fully saturated rings. The zero-order valence-electron chi connectivity index (χ0n) is 17.7. The maximum atomic E-state index is 12.2. The van der Waals surface area contributed by atoms with Crippen LogP contribution in [0.25, 0.3) is 0 Å². The van der Waals surface area contributed by atoms with Gasteiger partial charge in [-0.2, -0.15) is 0 Å². The van der Waals surface area contributed by atoms with Gasteiger partial charge in [-0.15, -0.1) is 0 Å². The van der Waals surface area contributed by atoms with Crippen LogP contribution in [0.2, 0.25) is 5.02 Å². The minimum Gasteiger partial charge on any atom is -0.462 e. The van der Waals surface area contributed by atoms with E-state index in [0.717, 1.165) is 43.1 Å². The molecule has 1 N–H and O–H groups in total. The Kier molecular flexibility index (Phi) is 6.78. The SMILES string of the molecule is CCOC(=O)c1ccccc1NCCCN1c2ccccc2CCc2ccc(Cl)cc21. The van der Waals surface area contributed by atoms with Crippen molar-refractivity contribution >= 4 is 34.6 Å². The highest BCUT2D eigenvalue weighted by Crippen LogP contribution is 2.37. The third-order valence-electron chi connectivity index (χ3n) is 5.58. The number of nitrogens with one attached hydrogen (secondary N) is 1. The number of benzene rings is 3. The van der Waals surface area contributed by atoms with Crippen molar-refractivity contribution in [1.82, 2.24) is 0 Å². The molecule has 31 heavy (non-hydrogen) atoms. The highest BCUT2D eigenvalue weighted by atomic mass is 35.5. The van der Waals surface area contributed by atoms with Gasteiger partial charge in [0.2, 0.25) is 0 Å². The van der Waals surface area contributed by atoms with Crippen LogP contribution in [0.4, 0.5) is 17.1 Å². The summed E-state index contributed by atoms with van der Waals surface area (Å²) in [4.78, 5) is 14.6. The lowest BCUT2D eigenvalue weighted by Crippen LogP contribution is -2.22. The molecule has 3 aromatic rings. The van der Waals surface area contributed by atoms with E-state index in [1.54, 1.807) is 6.07 Å². The van der Waals surface area contributed by atoms with Gasteiger partial charge in [-0.05, 0) is 67.6 Å². The Morgan fingerprint density at radius 2 is 1.74 bits per heavy atom. The van der Waals surface area contributed by atoms with Gasteiger partial charge in [0.05, 0.1) is 12.2 Å². The predicted molar refractivity (Wildman–Crippen MR) is 128 cm³/mol. The molecule has 0 radical (unpaired) electrons. The Balaban J connectivity index is 1.50. The topological polar surface area (TPSA) is 41.6 Å². The summed E-state index contributed by atoms with van der Waals surface area (Å²) in [7, 11) is 0. The third kappa shape index (κ3) is 4.86. The van der Waals surface area contributed by atoms with Gasteiger partial charge in [0.15, 0.2) is 0 Å². The minimum atomic E-state index is -0.296. The molecule has 3 aromatic carbocycles. The van der Waals surface area contributed by atoms with Crippen LogP contribution in [0.15, 0.2) is 66.7 Å². The largest absolute Gasteiger partial charge is 0.462 e. The summed E-state index contributed by atoms with van der Waals surface area (Å²) in [5.41, 5.74) is 6.48. The molecule has 1 aliphatic rings. The van der Waals surface area contributed by atoms with E-state index in [4.69, 9.17) is 16.3 Å². The van der Waals surface area contributed by atoms with Crippen LogP contribution in [-0.2, 0) is 17.6 Å². The summed E-state index contributed by atoms with van der Waals surface area (Å²) < 4.78 is 5.17. The van der Waals surface area contributed by atoms with E-state index >= 15 is 0 Å². The lowest BCUT2D eigenvalue weighted by Gasteiger charge is -2.27. The van der Waals surface area contributed by atoms with Gasteiger partial charge in [0, 0.05) is 35.2 Å². The van der Waals surface area contributed by atoms with Crippen LogP contribution in [0.5, 0.6) is 0 Å². The molecule has 0 saturated heterocycles. The van der Waals surface area contributed by atoms with E-state index in [0.29, 0.717) is 12.2 Å². The van der Waals surface area contributed by atoms with Crippen LogP contribution in [-0.4, -0.2) is 25.7 Å². The Labute approximate surface area is 188 Å². The maximum Gasteiger partial charge on any atom is 0.340 e. The van der Waals surface area contributed by atoms with Crippen LogP contribution >= 0.6 is 11.6 Å². The first-order chi connectivity index (χ1) is 15.2. The van der Waals surface area contributed by atoms with Gasteiger partial charge in [0.1, 0.15) is 0 Å². The zero-order chi connectivity index (χ0) is 21.6. The van der Waals surface area contributed by atoms with E-state index in [9.17, 15) is 4.79 Å². The molecule has 5 heteroatoms. The van der Waals surface area contributed by atoms with E-state index in [-0.39, 0.29) is 5.97 Å². The maximum absolute atomic E-state index is 12.2. The molecule has 4 rings (SSSR count). The fraction of sp³-hybridized carbons (Fsp3) is 0.269. The van der Waals surface area contributed by atoms with Crippen LogP contribution in [0.3, 0.4) is 0 Å². The Hall–Kier alpha value is -2.98. The number of nitrogens with zero attached hydrogens (tertiary/aromatic N) is 1. The fourth-order valence-corrected chi connectivity index (χ4v) is 4.28. The number of hydrogen-bond donors (Lipinski definition) is 1. The van der Waals surface area contributed by atoms with Crippen molar-refractivity contribution in [2.75, 3.05) is 29.9 Å². The van der Waals surface area contributed by atoms with E-state index in [1.807, 2.05) is 31.2 Å². The van der Waals surface area contributed by atoms with Gasteiger partial charge in [0.25, 0.3) is 0 Å². The summed E-state index contributed by atoms with van der Waals surface area (Å²) in [5.74, 6) is -0.296. The second-order valence-electron chi connectivity index (χ2n) is 7.60. The highest BCUT2D eigenvalue weighted by molar-refractivity contribution is 6.30. The van der Waals surface area contributed by atoms with E-state index in [1.165, 1.54) is 22.5 Å². The number of fused-ring (bicyclic) bond motifs is 2. The van der Waals surface area contributed by atoms with Gasteiger partial charge in [-0.25, -0.2) is 4.79 Å². The molecule has 0 saturated carbocycles. The van der Waals surface area contributed by atoms with E-state index < -0.39 is 0 Å². The number of hydrogen-bond acceptors (Lipinski definition) is 4. The molecule has 4 nitrogen and oxygen atoms in total. The number of rotatable bonds is 7. The summed E-state index contributed by atoms with van der Waals surface area (Å²) in [6.45, 7) is 3.77. The van der Waals surface area contributed by atoms with Crippen LogP contribution in [0, 0.1) is 0 Å². The number of aryl methyl sites for hydroxylation is 2. The lowest BCUT2D eigenvalue weighted by atomic mass is 10.0. The summed E-state index contributed by atoms with van der Waals surface area (Å²) in [6, 6.07) is 22.3. The molecule has 1 heterocycles. The minimum absolute atomic E-state index is 0.296. The number of halogens is 1. The number of carbonyl (C=O) groups excluding carboxylic acids is 1. The van der Waals surface area contributed by atoms with Gasteiger partial charge >= 0.3 is 5.97 Å². The second kappa shape index (κ2) is 9.88. The van der Waals surface area contributed by atoms with Gasteiger partial charge < -0.3 is 15.0 Å². The summed E-state index contributed by atoms with van der Waals surface area (Å²) in [6.07, 6.45) is 2.93. The first kappa shape index (κ1) is 21.3. The van der Waals surface area contributed by atoms with Gasteiger partial charge in [-0.3, -0.25) is 0 Å². The lowest BCUT2D eigenvalue weighted by molar-refractivity contribution is 0.0527. The average molecular weight is 435 g/mol. The number of ether oxygens (including phenoxy) is 1. The van der Waals surface area contributed by atoms with Crippen molar-refractivity contribution in [1.29, 1.82) is 0 Å². The monoisotopic (exact) mass is 434 g/mol. The molecule has 0 aromatic heterocycles. The van der Waals surface area contributed by atoms with Crippen molar-refractivity contribution in [3.8, 4) is 0 Å². The van der Waals surface area contributed by atoms with Crippen molar-refractivity contribution in [3.63, 3.8) is 0 Å². The number of para-hydroxylation sites is 2. The Bertz CT molecular complexity index is 1070. The molecule has 1 aliphatic heterocycles. The second-order valence-corrected chi connectivity index (χ2v) is 8.04. The first-order valence-electron chi connectivity index (χ1n) is 10.8. The Morgan fingerprint density at radius 1 is 1.00 bits per heavy atom. The molecule has 0 amide bonds. The van der Waals surface area contributed by atoms with Crippen LogP contribution in [0.1, 0.15) is 34.8 Å². The van der Waals surface area contributed by atoms with Crippen molar-refractivity contribution < 1.29 is 9.53 Å². The van der Waals surface area contributed by atoms with Crippen LogP contribution < -0.4 is 10.2 Å². The average Bonchev–Trinajstić information content (AvgIpc) is 2.94. The zero-order valence-corrected chi connectivity index (χ0v) is 18.5. The molecular formula is C26H27ClN2O2. The summed E-state index contributed by atoms with van der Waals surface area (Å²) in [5, 5.41) is 4.17. The molecule has 0 bridgehead atoms. The normalized spacial score (nSPS) is 12.5. The predicted octanol–water partition coefficient (Wildman–Crippen LogP) is 6.26. The quantitative estimate of drug-likeness (QED) is 0.352. The van der Waals surface area contributed by atoms with Gasteiger partial charge in [-0.1, -0.05) is 48.0 Å². The standard InChI is InChI=1S/C26H27ClN2O2/c1-2-31-26(30)22-9-4-5-10-23(22)28-16-7-17-29-24-11-6-3-8-19(24)12-13-20-14-15-21(27)18-25(20)29/h3-6,8-11,14-15,18,28H,2,7,12-13,16-17H2,1H3. The Morgan fingerprint density at radius 3 is 2.58 bits per heavy atom. The molecular weight excluding hydrogens is 408 g/mol. The number of esters is 1. The molecule has 0 aliphatic carbocycles. The first-order valence-corrected chi connectivity index (χ1v) is 11.2. The van der Waals surface area contributed by atoms with Crippen molar-refractivity contribution in [2.24, 2.45) is 0 Å².